The van der Waals surface area contributed by atoms with Crippen molar-refractivity contribution in [2.75, 3.05) is 5.32 Å². The average Bonchev–Trinajstić information content (AvgIpc) is 2.97. The Hall–Kier alpha value is -1.33. The summed E-state index contributed by atoms with van der Waals surface area (Å²) in [6.45, 7) is 6.57. The lowest BCUT2D eigenvalue weighted by Gasteiger charge is -2.34. The largest absolute Gasteiger partial charge is 0.374 e. The fourth-order valence-corrected chi connectivity index (χ4v) is 6.30. The van der Waals surface area contributed by atoms with E-state index in [2.05, 4.69) is 44.3 Å². The first-order chi connectivity index (χ1) is 11.9. The van der Waals surface area contributed by atoms with E-state index in [0.29, 0.717) is 10.0 Å². The van der Waals surface area contributed by atoms with Gasteiger partial charge in [0.2, 0.25) is 0 Å². The molecule has 0 aliphatic carbocycles. The van der Waals surface area contributed by atoms with Crippen LogP contribution in [0.4, 0.5) is 11.4 Å². The zero-order chi connectivity index (χ0) is 17.8. The number of para-hydroxylation sites is 1. The molecular weight excluding hydrogens is 391 g/mol. The van der Waals surface area contributed by atoms with E-state index in [1.54, 1.807) is 26.7 Å². The van der Waals surface area contributed by atoms with Crippen LogP contribution < -0.4 is 9.99 Å². The maximum Gasteiger partial charge on any atom is 0.135 e. The third-order valence-corrected chi connectivity index (χ3v) is 7.71. The van der Waals surface area contributed by atoms with Gasteiger partial charge in [-0.15, -0.1) is 0 Å². The van der Waals surface area contributed by atoms with Gasteiger partial charge in [0.15, 0.2) is 0 Å². The van der Waals surface area contributed by atoms with Gasteiger partial charge in [-0.1, -0.05) is 62.1 Å². The van der Waals surface area contributed by atoms with Gasteiger partial charge in [0.1, 0.15) is 4.67 Å². The van der Waals surface area contributed by atoms with Crippen molar-refractivity contribution >= 4 is 55.3 Å². The van der Waals surface area contributed by atoms with E-state index in [4.69, 9.17) is 28.2 Å². The minimum atomic E-state index is -0.124. The number of benzene rings is 2. The molecule has 0 unspecified atom stereocenters. The van der Waals surface area contributed by atoms with Crippen LogP contribution in [0.15, 0.2) is 41.4 Å². The predicted molar refractivity (Wildman–Crippen MR) is 111 cm³/mol. The number of aryl methyl sites for hydroxylation is 1. The van der Waals surface area contributed by atoms with Gasteiger partial charge < -0.3 is 5.32 Å². The molecule has 0 saturated heterocycles. The van der Waals surface area contributed by atoms with Crippen LogP contribution in [0.25, 0.3) is 11.1 Å². The summed E-state index contributed by atoms with van der Waals surface area (Å²) in [4.78, 5) is 6.18. The first-order valence-corrected chi connectivity index (χ1v) is 10.8. The molecule has 0 fully saturated rings. The van der Waals surface area contributed by atoms with E-state index in [-0.39, 0.29) is 5.54 Å². The van der Waals surface area contributed by atoms with Crippen LogP contribution >= 0.6 is 43.9 Å². The van der Waals surface area contributed by atoms with Crippen LogP contribution in [-0.2, 0) is 5.54 Å². The van der Waals surface area contributed by atoms with Crippen molar-refractivity contribution in [3.05, 3.63) is 61.6 Å². The smallest absolute Gasteiger partial charge is 0.135 e. The normalized spacial score (nSPS) is 15.5. The van der Waals surface area contributed by atoms with Gasteiger partial charge in [-0.05, 0) is 44.5 Å². The summed E-state index contributed by atoms with van der Waals surface area (Å²) in [5.74, 6) is 0. The number of fused-ring (bicyclic) bond motifs is 3. The van der Waals surface area contributed by atoms with Crippen molar-refractivity contribution in [3.63, 3.8) is 0 Å². The van der Waals surface area contributed by atoms with Crippen LogP contribution in [0.3, 0.4) is 0 Å². The molecule has 1 aliphatic heterocycles. The molecule has 0 atom stereocenters. The van der Waals surface area contributed by atoms with Crippen molar-refractivity contribution in [1.29, 1.82) is 0 Å². The number of anilines is 1. The minimum Gasteiger partial charge on any atom is -0.374 e. The molecular formula is C19H16Cl2N2S2. The van der Waals surface area contributed by atoms with Crippen molar-refractivity contribution < 1.29 is 0 Å². The fraction of sp³-hybridized carbons (Fsp3) is 0.211. The van der Waals surface area contributed by atoms with Gasteiger partial charge in [0.25, 0.3) is 0 Å². The number of hydrogen-bond acceptors (Lipinski definition) is 4. The van der Waals surface area contributed by atoms with E-state index in [1.807, 2.05) is 12.1 Å². The SMILES string of the molecule is Cc1cccc2c1NC(C)(C)c1ssc(=Nc3ccc(Cl)c(Cl)c3)c1-2. The molecule has 0 bridgehead atoms. The zero-order valence-electron chi connectivity index (χ0n) is 14.0. The van der Waals surface area contributed by atoms with Crippen molar-refractivity contribution in [3.8, 4) is 11.1 Å². The topological polar surface area (TPSA) is 24.4 Å². The molecule has 6 heteroatoms. The first-order valence-electron chi connectivity index (χ1n) is 7.88. The van der Waals surface area contributed by atoms with Crippen LogP contribution in [-0.4, -0.2) is 0 Å². The van der Waals surface area contributed by atoms with Gasteiger partial charge >= 0.3 is 0 Å². The maximum absolute atomic E-state index is 6.15. The standard InChI is InChI=1S/C19H16Cl2N2S2/c1-10-5-4-6-12-15-17(19(2,3)23-16(10)12)24-25-18(15)22-11-7-8-13(20)14(21)9-11/h4-9,23H,1-3H3. The highest BCUT2D eigenvalue weighted by Crippen LogP contribution is 2.46. The van der Waals surface area contributed by atoms with Crippen LogP contribution in [0.2, 0.25) is 10.0 Å². The average molecular weight is 407 g/mol. The highest BCUT2D eigenvalue weighted by molar-refractivity contribution is 7.68. The van der Waals surface area contributed by atoms with E-state index in [9.17, 15) is 0 Å². The maximum atomic E-state index is 6.15. The lowest BCUT2D eigenvalue weighted by atomic mass is 9.88. The van der Waals surface area contributed by atoms with E-state index >= 15 is 0 Å². The second-order valence-corrected chi connectivity index (χ2v) is 9.58. The lowest BCUT2D eigenvalue weighted by Crippen LogP contribution is -2.32. The summed E-state index contributed by atoms with van der Waals surface area (Å²) >= 11 is 12.2. The molecule has 4 rings (SSSR count). The van der Waals surface area contributed by atoms with Crippen molar-refractivity contribution in [1.82, 2.24) is 0 Å². The minimum absolute atomic E-state index is 0.124. The first kappa shape index (κ1) is 17.1. The molecule has 1 aromatic heterocycles. The Morgan fingerprint density at radius 1 is 1.04 bits per heavy atom. The van der Waals surface area contributed by atoms with Gasteiger partial charge in [-0.25, -0.2) is 4.99 Å². The Morgan fingerprint density at radius 2 is 1.84 bits per heavy atom. The third kappa shape index (κ3) is 2.91. The zero-order valence-corrected chi connectivity index (χ0v) is 17.1. The molecule has 1 N–H and O–H groups in total. The molecule has 1 aliphatic rings. The summed E-state index contributed by atoms with van der Waals surface area (Å²) in [6, 6.07) is 11.9. The van der Waals surface area contributed by atoms with E-state index in [0.717, 1.165) is 10.4 Å². The number of nitrogens with one attached hydrogen (secondary N) is 1. The molecule has 3 aromatic rings. The quantitative estimate of drug-likeness (QED) is 0.432. The van der Waals surface area contributed by atoms with Crippen molar-refractivity contribution in [2.45, 2.75) is 26.3 Å². The summed E-state index contributed by atoms with van der Waals surface area (Å²) in [7, 11) is 3.48. The Kier molecular flexibility index (Phi) is 4.19. The highest BCUT2D eigenvalue weighted by atomic mass is 35.5. The third-order valence-electron chi connectivity index (χ3n) is 4.33. The molecule has 2 aromatic carbocycles. The van der Waals surface area contributed by atoms with Crippen LogP contribution in [0.1, 0.15) is 24.3 Å². The van der Waals surface area contributed by atoms with Gasteiger partial charge in [0.05, 0.1) is 26.1 Å². The molecule has 2 heterocycles. The number of rotatable bonds is 1. The van der Waals surface area contributed by atoms with Crippen LogP contribution in [0.5, 0.6) is 0 Å². The van der Waals surface area contributed by atoms with E-state index in [1.165, 1.54) is 27.3 Å². The Bertz CT molecular complexity index is 1050. The Balaban J connectivity index is 1.98. The van der Waals surface area contributed by atoms with Gasteiger partial charge in [0, 0.05) is 16.8 Å². The lowest BCUT2D eigenvalue weighted by molar-refractivity contribution is 0.618. The molecule has 25 heavy (non-hydrogen) atoms. The Morgan fingerprint density at radius 3 is 2.60 bits per heavy atom. The second-order valence-electron chi connectivity index (χ2n) is 6.63. The predicted octanol–water partition coefficient (Wildman–Crippen LogP) is 6.98. The number of hydrogen-bond donors (Lipinski definition) is 1. The molecule has 0 radical (unpaired) electrons. The van der Waals surface area contributed by atoms with Gasteiger partial charge in [-0.2, -0.15) is 0 Å². The van der Waals surface area contributed by atoms with E-state index < -0.39 is 0 Å². The molecule has 0 saturated carbocycles. The fourth-order valence-electron chi connectivity index (χ4n) is 3.07. The van der Waals surface area contributed by atoms with Gasteiger partial charge in [-0.3, -0.25) is 0 Å². The summed E-state index contributed by atoms with van der Waals surface area (Å²) in [5.41, 5.74) is 5.57. The molecule has 128 valence electrons. The van der Waals surface area contributed by atoms with Crippen molar-refractivity contribution in [2.24, 2.45) is 4.99 Å². The number of halogens is 2. The second kappa shape index (κ2) is 6.13. The summed E-state index contributed by atoms with van der Waals surface area (Å²) in [6.07, 6.45) is 0. The summed E-state index contributed by atoms with van der Waals surface area (Å²) < 4.78 is 1.01. The molecule has 2 nitrogen and oxygen atoms in total. The summed E-state index contributed by atoms with van der Waals surface area (Å²) in [5, 5.41) is 4.76. The Labute approximate surface area is 164 Å². The highest BCUT2D eigenvalue weighted by Gasteiger charge is 2.34. The molecule has 0 amide bonds. The van der Waals surface area contributed by atoms with Crippen LogP contribution in [0, 0.1) is 6.92 Å². The monoisotopic (exact) mass is 406 g/mol. The number of nitrogens with zero attached hydrogens (tertiary/aromatic N) is 1. The molecule has 0 spiro atoms.